The van der Waals surface area contributed by atoms with Crippen molar-refractivity contribution in [2.75, 3.05) is 49.5 Å². The largest absolute Gasteiger partial charge is 0.369 e. The highest BCUT2D eigenvalue weighted by molar-refractivity contribution is 9.10. The molecule has 2 heterocycles. The van der Waals surface area contributed by atoms with E-state index in [-0.39, 0.29) is 0 Å². The van der Waals surface area contributed by atoms with Crippen LogP contribution in [0.1, 0.15) is 20.8 Å². The number of rotatable bonds is 5. The van der Waals surface area contributed by atoms with Crippen molar-refractivity contribution in [2.45, 2.75) is 20.8 Å². The molecule has 20 heavy (non-hydrogen) atoms. The van der Waals surface area contributed by atoms with Crippen molar-refractivity contribution >= 4 is 27.6 Å². The van der Waals surface area contributed by atoms with Gasteiger partial charge in [-0.05, 0) is 28.8 Å². The third-order valence-electron chi connectivity index (χ3n) is 3.41. The topological polar surface area (TPSA) is 44.3 Å². The molecular weight excluding hydrogens is 318 g/mol. The molecule has 0 aliphatic carbocycles. The molecule has 0 bridgehead atoms. The molecule has 1 fully saturated rings. The van der Waals surface area contributed by atoms with E-state index in [0.29, 0.717) is 0 Å². The molecule has 0 amide bonds. The average molecular weight is 342 g/mol. The van der Waals surface area contributed by atoms with Gasteiger partial charge in [0, 0.05) is 39.3 Å². The zero-order chi connectivity index (χ0) is 14.5. The third kappa shape index (κ3) is 3.82. The Morgan fingerprint density at radius 1 is 1.25 bits per heavy atom. The Morgan fingerprint density at radius 2 is 1.95 bits per heavy atom. The average Bonchev–Trinajstić information content (AvgIpc) is 2.42. The Balaban J connectivity index is 2.01. The number of nitrogens with one attached hydrogen (secondary N) is 1. The Morgan fingerprint density at radius 3 is 2.55 bits per heavy atom. The van der Waals surface area contributed by atoms with Crippen LogP contribution in [0.3, 0.4) is 0 Å². The summed E-state index contributed by atoms with van der Waals surface area (Å²) in [7, 11) is 0. The lowest BCUT2D eigenvalue weighted by Crippen LogP contribution is -2.47. The lowest BCUT2D eigenvalue weighted by Gasteiger charge is -2.36. The van der Waals surface area contributed by atoms with Gasteiger partial charge in [-0.25, -0.2) is 9.97 Å². The van der Waals surface area contributed by atoms with Crippen molar-refractivity contribution in [3.05, 3.63) is 10.8 Å². The molecule has 112 valence electrons. The highest BCUT2D eigenvalue weighted by Gasteiger charge is 2.21. The maximum absolute atomic E-state index is 4.44. The van der Waals surface area contributed by atoms with Crippen molar-refractivity contribution in [1.82, 2.24) is 14.9 Å². The van der Waals surface area contributed by atoms with Crippen LogP contribution in [0.15, 0.2) is 10.8 Å². The molecule has 1 aromatic heterocycles. The minimum Gasteiger partial charge on any atom is -0.369 e. The van der Waals surface area contributed by atoms with Crippen molar-refractivity contribution in [3.8, 4) is 0 Å². The Hall–Kier alpha value is -0.880. The van der Waals surface area contributed by atoms with Crippen molar-refractivity contribution in [1.29, 1.82) is 0 Å². The highest BCUT2D eigenvalue weighted by Crippen LogP contribution is 2.29. The highest BCUT2D eigenvalue weighted by atomic mass is 79.9. The van der Waals surface area contributed by atoms with E-state index in [2.05, 4.69) is 61.8 Å². The van der Waals surface area contributed by atoms with Crippen molar-refractivity contribution in [3.63, 3.8) is 0 Å². The minimum absolute atomic E-state index is 0.729. The summed E-state index contributed by atoms with van der Waals surface area (Å²) in [6.45, 7) is 12.9. The van der Waals surface area contributed by atoms with E-state index in [4.69, 9.17) is 0 Å². The van der Waals surface area contributed by atoms with E-state index < -0.39 is 0 Å². The summed E-state index contributed by atoms with van der Waals surface area (Å²) in [5.74, 6) is 2.61. The second-order valence-corrected chi connectivity index (χ2v) is 6.36. The van der Waals surface area contributed by atoms with Gasteiger partial charge in [-0.3, -0.25) is 4.90 Å². The first kappa shape index (κ1) is 15.5. The van der Waals surface area contributed by atoms with Crippen LogP contribution in [0.5, 0.6) is 0 Å². The van der Waals surface area contributed by atoms with Crippen LogP contribution in [0.4, 0.5) is 11.6 Å². The molecular formula is C14H24BrN5. The first-order valence-electron chi connectivity index (χ1n) is 7.33. The van der Waals surface area contributed by atoms with Crippen molar-refractivity contribution in [2.24, 2.45) is 5.92 Å². The molecule has 0 spiro atoms. The van der Waals surface area contributed by atoms with E-state index in [1.165, 1.54) is 6.54 Å². The van der Waals surface area contributed by atoms with Gasteiger partial charge in [-0.2, -0.15) is 0 Å². The fraction of sp³-hybridized carbons (Fsp3) is 0.714. The quantitative estimate of drug-likeness (QED) is 0.891. The molecule has 0 atom stereocenters. The van der Waals surface area contributed by atoms with Gasteiger partial charge >= 0.3 is 0 Å². The van der Waals surface area contributed by atoms with Crippen LogP contribution in [0.2, 0.25) is 0 Å². The smallest absolute Gasteiger partial charge is 0.148 e. The molecule has 1 N–H and O–H groups in total. The summed E-state index contributed by atoms with van der Waals surface area (Å²) in [6.07, 6.45) is 1.64. The molecule has 6 heteroatoms. The standard InChI is InChI=1S/C14H24BrN5/c1-4-16-13-12(15)14(18-10-17-13)20-7-5-19(6-8-20)9-11(2)3/h10-11H,4-9H2,1-3H3,(H,16,17,18). The first-order valence-corrected chi connectivity index (χ1v) is 8.12. The van der Waals surface area contributed by atoms with Gasteiger partial charge in [0.25, 0.3) is 0 Å². The fourth-order valence-corrected chi connectivity index (χ4v) is 3.13. The number of hydrogen-bond acceptors (Lipinski definition) is 5. The number of piperazine rings is 1. The first-order chi connectivity index (χ1) is 9.61. The van der Waals surface area contributed by atoms with Crippen LogP contribution < -0.4 is 10.2 Å². The van der Waals surface area contributed by atoms with E-state index in [0.717, 1.165) is 54.8 Å². The third-order valence-corrected chi connectivity index (χ3v) is 4.14. The number of halogens is 1. The van der Waals surface area contributed by atoms with Gasteiger partial charge in [0.2, 0.25) is 0 Å². The van der Waals surface area contributed by atoms with E-state index >= 15 is 0 Å². The van der Waals surface area contributed by atoms with Gasteiger partial charge < -0.3 is 10.2 Å². The van der Waals surface area contributed by atoms with Crippen molar-refractivity contribution < 1.29 is 0 Å². The molecule has 1 aliphatic rings. The Labute approximate surface area is 129 Å². The fourth-order valence-electron chi connectivity index (χ4n) is 2.53. The SMILES string of the molecule is CCNc1ncnc(N2CCN(CC(C)C)CC2)c1Br. The summed E-state index contributed by atoms with van der Waals surface area (Å²) >= 11 is 3.63. The monoisotopic (exact) mass is 341 g/mol. The second kappa shape index (κ2) is 7.22. The lowest BCUT2D eigenvalue weighted by molar-refractivity contribution is 0.231. The van der Waals surface area contributed by atoms with Crippen LogP contribution in [-0.2, 0) is 0 Å². The summed E-state index contributed by atoms with van der Waals surface area (Å²) < 4.78 is 0.971. The second-order valence-electron chi connectivity index (χ2n) is 5.57. The molecule has 0 aromatic carbocycles. The Bertz CT molecular complexity index is 430. The zero-order valence-corrected chi connectivity index (χ0v) is 14.2. The van der Waals surface area contributed by atoms with Gasteiger partial charge in [0.05, 0.1) is 0 Å². The lowest BCUT2D eigenvalue weighted by atomic mass is 10.2. The molecule has 2 rings (SSSR count). The molecule has 0 radical (unpaired) electrons. The summed E-state index contributed by atoms with van der Waals surface area (Å²) in [6, 6.07) is 0. The number of nitrogens with zero attached hydrogens (tertiary/aromatic N) is 4. The summed E-state index contributed by atoms with van der Waals surface area (Å²) in [5.41, 5.74) is 0. The van der Waals surface area contributed by atoms with Crippen LogP contribution in [0, 0.1) is 5.92 Å². The maximum atomic E-state index is 4.44. The summed E-state index contributed by atoms with van der Waals surface area (Å²) in [4.78, 5) is 13.6. The summed E-state index contributed by atoms with van der Waals surface area (Å²) in [5, 5.41) is 3.26. The van der Waals surface area contributed by atoms with Crippen LogP contribution >= 0.6 is 15.9 Å². The number of aromatic nitrogens is 2. The molecule has 1 aromatic rings. The van der Waals surface area contributed by atoms with Crippen LogP contribution in [0.25, 0.3) is 0 Å². The van der Waals surface area contributed by atoms with Gasteiger partial charge in [-0.15, -0.1) is 0 Å². The number of anilines is 2. The van der Waals surface area contributed by atoms with E-state index in [1.54, 1.807) is 6.33 Å². The van der Waals surface area contributed by atoms with Gasteiger partial charge in [0.1, 0.15) is 22.4 Å². The number of hydrogen-bond donors (Lipinski definition) is 1. The van der Waals surface area contributed by atoms with E-state index in [1.807, 2.05) is 0 Å². The maximum Gasteiger partial charge on any atom is 0.148 e. The van der Waals surface area contributed by atoms with Crippen LogP contribution in [-0.4, -0.2) is 54.1 Å². The molecule has 0 saturated carbocycles. The molecule has 1 aliphatic heterocycles. The predicted octanol–water partition coefficient (Wildman–Crippen LogP) is 2.45. The minimum atomic E-state index is 0.729. The molecule has 0 unspecified atom stereocenters. The zero-order valence-electron chi connectivity index (χ0n) is 12.6. The molecule has 1 saturated heterocycles. The van der Waals surface area contributed by atoms with Gasteiger partial charge in [0.15, 0.2) is 0 Å². The van der Waals surface area contributed by atoms with Gasteiger partial charge in [-0.1, -0.05) is 13.8 Å². The normalized spacial score (nSPS) is 16.8. The Kier molecular flexibility index (Phi) is 5.60. The predicted molar refractivity (Wildman–Crippen MR) is 87.4 cm³/mol. The van der Waals surface area contributed by atoms with E-state index in [9.17, 15) is 0 Å². The molecule has 5 nitrogen and oxygen atoms in total.